The summed E-state index contributed by atoms with van der Waals surface area (Å²) in [7, 11) is 0. The van der Waals surface area contributed by atoms with Crippen LogP contribution in [0.5, 0.6) is 0 Å². The minimum atomic E-state index is -0.164. The molecule has 0 saturated heterocycles. The summed E-state index contributed by atoms with van der Waals surface area (Å²) in [6.45, 7) is 4.13. The van der Waals surface area contributed by atoms with Gasteiger partial charge in [-0.05, 0) is 37.1 Å². The van der Waals surface area contributed by atoms with Crippen molar-refractivity contribution in [3.8, 4) is 0 Å². The number of hydrogen-bond donors (Lipinski definition) is 2. The fraction of sp³-hybridized carbons (Fsp3) is 0.188. The van der Waals surface area contributed by atoms with Gasteiger partial charge in [0.05, 0.1) is 5.56 Å². The van der Waals surface area contributed by atoms with Crippen LogP contribution in [0.1, 0.15) is 33.2 Å². The lowest BCUT2D eigenvalue weighted by atomic mass is 10.0. The first-order valence-electron chi connectivity index (χ1n) is 6.39. The van der Waals surface area contributed by atoms with Crippen molar-refractivity contribution in [3.05, 3.63) is 64.7 Å². The standard InChI is InChI=1S/C16H16N2O/c1-10-7-8-12(11(2)9-10)15-17-14-6-4-3-5-13(14)16(19)18-15/h3-9,15,17H,1-2H3,(H,18,19)/t15-/m0/s1. The average molecular weight is 252 g/mol. The minimum Gasteiger partial charge on any atom is -0.361 e. The van der Waals surface area contributed by atoms with E-state index < -0.39 is 0 Å². The molecule has 0 spiro atoms. The van der Waals surface area contributed by atoms with Crippen molar-refractivity contribution in [3.63, 3.8) is 0 Å². The van der Waals surface area contributed by atoms with E-state index in [1.54, 1.807) is 0 Å². The molecular formula is C16H16N2O. The molecule has 2 aromatic rings. The number of nitrogens with one attached hydrogen (secondary N) is 2. The fourth-order valence-corrected chi connectivity index (χ4v) is 2.51. The molecule has 0 bridgehead atoms. The van der Waals surface area contributed by atoms with Crippen molar-refractivity contribution in [1.82, 2.24) is 5.32 Å². The summed E-state index contributed by atoms with van der Waals surface area (Å²) >= 11 is 0. The SMILES string of the molecule is Cc1ccc([C@@H]2NC(=O)c3ccccc3N2)c(C)c1. The molecule has 1 aliphatic rings. The van der Waals surface area contributed by atoms with Gasteiger partial charge in [-0.1, -0.05) is 35.9 Å². The van der Waals surface area contributed by atoms with Gasteiger partial charge in [0, 0.05) is 5.69 Å². The van der Waals surface area contributed by atoms with Crippen LogP contribution in [0.2, 0.25) is 0 Å². The molecule has 3 nitrogen and oxygen atoms in total. The number of rotatable bonds is 1. The summed E-state index contributed by atoms with van der Waals surface area (Å²) in [6.07, 6.45) is -0.164. The van der Waals surface area contributed by atoms with E-state index in [1.807, 2.05) is 24.3 Å². The average Bonchev–Trinajstić information content (AvgIpc) is 2.38. The number of benzene rings is 2. The van der Waals surface area contributed by atoms with Crippen LogP contribution in [0.3, 0.4) is 0 Å². The number of aryl methyl sites for hydroxylation is 2. The predicted molar refractivity (Wildman–Crippen MR) is 76.2 cm³/mol. The van der Waals surface area contributed by atoms with Gasteiger partial charge in [0.25, 0.3) is 5.91 Å². The van der Waals surface area contributed by atoms with Crippen molar-refractivity contribution >= 4 is 11.6 Å². The number of para-hydroxylation sites is 1. The van der Waals surface area contributed by atoms with E-state index in [4.69, 9.17) is 0 Å². The van der Waals surface area contributed by atoms with E-state index >= 15 is 0 Å². The Morgan fingerprint density at radius 2 is 1.79 bits per heavy atom. The maximum Gasteiger partial charge on any atom is 0.255 e. The molecule has 1 heterocycles. The first kappa shape index (κ1) is 11.8. The highest BCUT2D eigenvalue weighted by molar-refractivity contribution is 6.01. The predicted octanol–water partition coefficient (Wildman–Crippen LogP) is 3.16. The van der Waals surface area contributed by atoms with Crippen LogP contribution in [-0.4, -0.2) is 5.91 Å². The van der Waals surface area contributed by atoms with Crippen LogP contribution in [0.25, 0.3) is 0 Å². The monoisotopic (exact) mass is 252 g/mol. The molecule has 19 heavy (non-hydrogen) atoms. The van der Waals surface area contributed by atoms with E-state index in [0.717, 1.165) is 11.3 Å². The Bertz CT molecular complexity index is 649. The van der Waals surface area contributed by atoms with Gasteiger partial charge in [-0.3, -0.25) is 4.79 Å². The maximum atomic E-state index is 12.1. The molecule has 0 unspecified atom stereocenters. The topological polar surface area (TPSA) is 41.1 Å². The molecule has 0 aromatic heterocycles. The number of hydrogen-bond acceptors (Lipinski definition) is 2. The largest absolute Gasteiger partial charge is 0.361 e. The molecule has 3 rings (SSSR count). The highest BCUT2D eigenvalue weighted by Crippen LogP contribution is 2.27. The zero-order chi connectivity index (χ0) is 13.4. The number of carbonyl (C=O) groups excluding carboxylic acids is 1. The van der Waals surface area contributed by atoms with Crippen LogP contribution in [0.4, 0.5) is 5.69 Å². The van der Waals surface area contributed by atoms with Crippen molar-refractivity contribution in [2.75, 3.05) is 5.32 Å². The van der Waals surface area contributed by atoms with Crippen LogP contribution < -0.4 is 10.6 Å². The highest BCUT2D eigenvalue weighted by atomic mass is 16.2. The fourth-order valence-electron chi connectivity index (χ4n) is 2.51. The number of amides is 1. The van der Waals surface area contributed by atoms with E-state index in [-0.39, 0.29) is 12.1 Å². The second-order valence-corrected chi connectivity index (χ2v) is 4.96. The van der Waals surface area contributed by atoms with E-state index in [1.165, 1.54) is 11.1 Å². The van der Waals surface area contributed by atoms with Crippen LogP contribution >= 0.6 is 0 Å². The molecule has 0 fully saturated rings. The zero-order valence-corrected chi connectivity index (χ0v) is 11.0. The Morgan fingerprint density at radius 3 is 2.58 bits per heavy atom. The summed E-state index contributed by atoms with van der Waals surface area (Å²) in [6, 6.07) is 13.8. The smallest absolute Gasteiger partial charge is 0.255 e. The number of carbonyl (C=O) groups is 1. The normalized spacial score (nSPS) is 17.4. The Hall–Kier alpha value is -2.29. The molecule has 96 valence electrons. The summed E-state index contributed by atoms with van der Waals surface area (Å²) in [5.41, 5.74) is 5.09. The van der Waals surface area contributed by atoms with E-state index in [0.29, 0.717) is 5.56 Å². The van der Waals surface area contributed by atoms with Crippen LogP contribution in [0.15, 0.2) is 42.5 Å². The van der Waals surface area contributed by atoms with E-state index in [2.05, 4.69) is 42.7 Å². The Morgan fingerprint density at radius 1 is 1.00 bits per heavy atom. The maximum absolute atomic E-state index is 12.1. The highest BCUT2D eigenvalue weighted by Gasteiger charge is 2.24. The molecule has 2 aromatic carbocycles. The van der Waals surface area contributed by atoms with Gasteiger partial charge in [-0.15, -0.1) is 0 Å². The summed E-state index contributed by atoms with van der Waals surface area (Å²) in [5.74, 6) is -0.0284. The van der Waals surface area contributed by atoms with Gasteiger partial charge >= 0.3 is 0 Å². The third kappa shape index (κ3) is 2.08. The van der Waals surface area contributed by atoms with Crippen molar-refractivity contribution < 1.29 is 4.79 Å². The van der Waals surface area contributed by atoms with Crippen molar-refractivity contribution in [2.45, 2.75) is 20.0 Å². The number of anilines is 1. The van der Waals surface area contributed by atoms with Gasteiger partial charge in [-0.2, -0.15) is 0 Å². The lowest BCUT2D eigenvalue weighted by Crippen LogP contribution is -2.38. The molecule has 0 saturated carbocycles. The molecule has 1 amide bonds. The lowest BCUT2D eigenvalue weighted by Gasteiger charge is -2.29. The second-order valence-electron chi connectivity index (χ2n) is 4.96. The molecule has 0 radical (unpaired) electrons. The summed E-state index contributed by atoms with van der Waals surface area (Å²) in [5, 5.41) is 6.37. The van der Waals surface area contributed by atoms with Gasteiger partial charge in [0.2, 0.25) is 0 Å². The summed E-state index contributed by atoms with van der Waals surface area (Å²) < 4.78 is 0. The third-order valence-electron chi connectivity index (χ3n) is 3.48. The van der Waals surface area contributed by atoms with E-state index in [9.17, 15) is 4.79 Å². The Balaban J connectivity index is 1.99. The quantitative estimate of drug-likeness (QED) is 0.818. The molecule has 3 heteroatoms. The molecule has 1 atom stereocenters. The number of fused-ring (bicyclic) bond motifs is 1. The summed E-state index contributed by atoms with van der Waals surface area (Å²) in [4.78, 5) is 12.1. The first-order chi connectivity index (χ1) is 9.15. The molecule has 2 N–H and O–H groups in total. The second kappa shape index (κ2) is 4.43. The first-order valence-corrected chi connectivity index (χ1v) is 6.39. The lowest BCUT2D eigenvalue weighted by molar-refractivity contribution is 0.0935. The molecule has 0 aliphatic carbocycles. The Labute approximate surface area is 112 Å². The van der Waals surface area contributed by atoms with Crippen molar-refractivity contribution in [2.24, 2.45) is 0 Å². The molecule has 1 aliphatic heterocycles. The van der Waals surface area contributed by atoms with Gasteiger partial charge < -0.3 is 10.6 Å². The zero-order valence-electron chi connectivity index (χ0n) is 11.0. The van der Waals surface area contributed by atoms with Crippen LogP contribution in [-0.2, 0) is 0 Å². The van der Waals surface area contributed by atoms with Gasteiger partial charge in [0.15, 0.2) is 0 Å². The van der Waals surface area contributed by atoms with Gasteiger partial charge in [0.1, 0.15) is 6.17 Å². The minimum absolute atomic E-state index is 0.0284. The molecular weight excluding hydrogens is 236 g/mol. The van der Waals surface area contributed by atoms with Crippen molar-refractivity contribution in [1.29, 1.82) is 0 Å². The van der Waals surface area contributed by atoms with Crippen LogP contribution in [0, 0.1) is 13.8 Å². The Kier molecular flexibility index (Phi) is 2.75. The third-order valence-corrected chi connectivity index (χ3v) is 3.48. The van der Waals surface area contributed by atoms with Gasteiger partial charge in [-0.25, -0.2) is 0 Å².